The molecule has 0 saturated carbocycles. The number of rotatable bonds is 6. The van der Waals surface area contributed by atoms with Gasteiger partial charge in [-0.2, -0.15) is 0 Å². The molecular formula is C22H18IO2S2+. The molecule has 0 aliphatic rings. The van der Waals surface area contributed by atoms with Crippen molar-refractivity contribution in [3.8, 4) is 21.6 Å². The Labute approximate surface area is 177 Å². The third-order valence-corrected chi connectivity index (χ3v) is 9.53. The van der Waals surface area contributed by atoms with Crippen LogP contribution in [0.15, 0.2) is 72.8 Å². The van der Waals surface area contributed by atoms with Crippen LogP contribution >= 0.6 is 22.7 Å². The molecule has 2 aromatic carbocycles. The Bertz CT molecular complexity index is 968. The quantitative estimate of drug-likeness (QED) is 0.367. The van der Waals surface area contributed by atoms with Crippen LogP contribution in [0.1, 0.15) is 11.1 Å². The molecule has 0 radical (unpaired) electrons. The number of thiophene rings is 2. The van der Waals surface area contributed by atoms with Gasteiger partial charge in [0.15, 0.2) is 10.1 Å². The first-order valence-electron chi connectivity index (χ1n) is 8.49. The first-order valence-corrected chi connectivity index (χ1v) is 12.3. The lowest BCUT2D eigenvalue weighted by Crippen LogP contribution is -3.61. The van der Waals surface area contributed by atoms with E-state index >= 15 is 0 Å². The molecule has 0 unspecified atom stereocenters. The molecule has 0 bridgehead atoms. The summed E-state index contributed by atoms with van der Waals surface area (Å²) in [6.07, 6.45) is 0. The standard InChI is InChI=1S/C22H18IO2S2/c1-15-7-3-5-9-17(15)24-21-13-11-19(26-21)23-20-12-14-22(27-20)25-18-10-6-4-8-16(18)2/h3-14H,1-2H3/q+1. The summed E-state index contributed by atoms with van der Waals surface area (Å²) in [4.78, 5) is 0. The summed E-state index contributed by atoms with van der Waals surface area (Å²) < 4.78 is 14.9. The van der Waals surface area contributed by atoms with Crippen LogP contribution in [0, 0.1) is 19.6 Å². The molecule has 0 amide bonds. The first-order chi connectivity index (χ1) is 13.2. The highest BCUT2D eigenvalue weighted by molar-refractivity contribution is 7.12. The minimum absolute atomic E-state index is 0.221. The van der Waals surface area contributed by atoms with Crippen molar-refractivity contribution in [3.05, 3.63) is 89.7 Å². The van der Waals surface area contributed by atoms with E-state index in [9.17, 15) is 0 Å². The van der Waals surface area contributed by atoms with Gasteiger partial charge in [-0.15, -0.1) is 0 Å². The fraction of sp³-hybridized carbons (Fsp3) is 0.0909. The molecule has 0 atom stereocenters. The monoisotopic (exact) mass is 505 g/mol. The van der Waals surface area contributed by atoms with Crippen molar-refractivity contribution < 1.29 is 30.7 Å². The predicted octanol–water partition coefficient (Wildman–Crippen LogP) is 4.14. The number of para-hydroxylation sites is 2. The summed E-state index contributed by atoms with van der Waals surface area (Å²) in [5.41, 5.74) is 2.30. The maximum atomic E-state index is 6.04. The van der Waals surface area contributed by atoms with Crippen LogP contribution in [0.25, 0.3) is 0 Å². The zero-order valence-electron chi connectivity index (χ0n) is 14.9. The average molecular weight is 505 g/mol. The second kappa shape index (κ2) is 8.46. The van der Waals surface area contributed by atoms with Crippen LogP contribution in [0.5, 0.6) is 21.6 Å². The van der Waals surface area contributed by atoms with Gasteiger partial charge in [0.25, 0.3) is 5.77 Å². The van der Waals surface area contributed by atoms with E-state index in [0.29, 0.717) is 0 Å². The Morgan fingerprint density at radius 2 is 1.04 bits per heavy atom. The number of aryl methyl sites for hydroxylation is 2. The number of hydrogen-bond acceptors (Lipinski definition) is 4. The Kier molecular flexibility index (Phi) is 5.80. The summed E-state index contributed by atoms with van der Waals surface area (Å²) in [7, 11) is 0. The molecule has 0 N–H and O–H groups in total. The van der Waals surface area contributed by atoms with E-state index in [-0.39, 0.29) is 21.2 Å². The van der Waals surface area contributed by atoms with Crippen LogP contribution in [0.3, 0.4) is 0 Å². The Morgan fingerprint density at radius 3 is 1.48 bits per heavy atom. The van der Waals surface area contributed by atoms with Gasteiger partial charge in [0, 0.05) is 12.1 Å². The maximum absolute atomic E-state index is 6.04. The van der Waals surface area contributed by atoms with Crippen LogP contribution in [0.2, 0.25) is 0 Å². The molecule has 2 nitrogen and oxygen atoms in total. The van der Waals surface area contributed by atoms with Crippen molar-refractivity contribution in [2.45, 2.75) is 13.8 Å². The largest absolute Gasteiger partial charge is 0.446 e. The summed E-state index contributed by atoms with van der Waals surface area (Å²) in [5.74, 6) is 1.85. The molecule has 0 fully saturated rings. The van der Waals surface area contributed by atoms with Crippen molar-refractivity contribution in [3.63, 3.8) is 0 Å². The fourth-order valence-corrected chi connectivity index (χ4v) is 8.37. The average Bonchev–Trinajstić information content (AvgIpc) is 3.29. The minimum atomic E-state index is -0.221. The van der Waals surface area contributed by atoms with Gasteiger partial charge >= 0.3 is 21.2 Å². The van der Waals surface area contributed by atoms with E-state index in [2.05, 4.69) is 50.2 Å². The Balaban J connectivity index is 1.42. The maximum Gasteiger partial charge on any atom is 0.381 e. The zero-order valence-corrected chi connectivity index (χ0v) is 18.7. The van der Waals surface area contributed by atoms with Gasteiger partial charge in [-0.1, -0.05) is 59.1 Å². The lowest BCUT2D eigenvalue weighted by molar-refractivity contribution is -0.585. The molecular weight excluding hydrogens is 487 g/mol. The molecule has 0 spiro atoms. The lowest BCUT2D eigenvalue weighted by Gasteiger charge is -2.04. The van der Waals surface area contributed by atoms with Gasteiger partial charge in [-0.25, -0.2) is 0 Å². The van der Waals surface area contributed by atoms with E-state index in [1.807, 2.05) is 36.4 Å². The highest BCUT2D eigenvalue weighted by Gasteiger charge is 2.22. The molecule has 0 aliphatic carbocycles. The molecule has 4 aromatic rings. The smallest absolute Gasteiger partial charge is 0.381 e. The fourth-order valence-electron chi connectivity index (χ4n) is 2.46. The summed E-state index contributed by atoms with van der Waals surface area (Å²) >= 11 is 3.26. The summed E-state index contributed by atoms with van der Waals surface area (Å²) in [5, 5.41) is 1.90. The summed E-state index contributed by atoms with van der Waals surface area (Å²) in [6.45, 7) is 4.14. The first kappa shape index (κ1) is 18.5. The molecule has 0 aliphatic heterocycles. The molecule has 4 rings (SSSR count). The van der Waals surface area contributed by atoms with Gasteiger partial charge in [0.2, 0.25) is 0 Å². The van der Waals surface area contributed by atoms with E-state index < -0.39 is 0 Å². The van der Waals surface area contributed by atoms with Crippen molar-refractivity contribution in [2.24, 2.45) is 0 Å². The number of halogens is 1. The molecule has 0 saturated heterocycles. The Hall–Kier alpha value is -1.83. The van der Waals surface area contributed by atoms with E-state index in [0.717, 1.165) is 32.8 Å². The van der Waals surface area contributed by atoms with Crippen LogP contribution in [0.4, 0.5) is 0 Å². The van der Waals surface area contributed by atoms with Gasteiger partial charge < -0.3 is 9.47 Å². The van der Waals surface area contributed by atoms with Gasteiger partial charge in [-0.05, 0) is 49.2 Å². The minimum Gasteiger partial charge on any atom is -0.446 e. The van der Waals surface area contributed by atoms with Gasteiger partial charge in [0.05, 0.1) is 0 Å². The number of hydrogen-bond donors (Lipinski definition) is 0. The number of ether oxygens (including phenoxy) is 2. The molecule has 2 heterocycles. The zero-order chi connectivity index (χ0) is 18.6. The topological polar surface area (TPSA) is 18.5 Å². The Morgan fingerprint density at radius 1 is 0.593 bits per heavy atom. The molecule has 136 valence electrons. The molecule has 5 heteroatoms. The van der Waals surface area contributed by atoms with Crippen molar-refractivity contribution in [1.82, 2.24) is 0 Å². The molecule has 2 aromatic heterocycles. The normalized spacial score (nSPS) is 10.7. The van der Waals surface area contributed by atoms with Crippen molar-refractivity contribution in [1.29, 1.82) is 0 Å². The highest BCUT2D eigenvalue weighted by atomic mass is 127. The lowest BCUT2D eigenvalue weighted by atomic mass is 10.2. The van der Waals surface area contributed by atoms with E-state index in [1.54, 1.807) is 22.7 Å². The van der Waals surface area contributed by atoms with Crippen LogP contribution in [-0.2, 0) is 0 Å². The third kappa shape index (κ3) is 4.72. The van der Waals surface area contributed by atoms with Crippen LogP contribution < -0.4 is 30.7 Å². The number of benzene rings is 2. The SMILES string of the molecule is Cc1ccccc1Oc1ccc([I+]c2ccc(Oc3ccccc3C)s2)s1. The second-order valence-corrected chi connectivity index (χ2v) is 12.4. The second-order valence-electron chi connectivity index (χ2n) is 5.95. The summed E-state index contributed by atoms with van der Waals surface area (Å²) in [6, 6.07) is 24.8. The van der Waals surface area contributed by atoms with Crippen LogP contribution in [-0.4, -0.2) is 0 Å². The van der Waals surface area contributed by atoms with Crippen molar-refractivity contribution in [2.75, 3.05) is 0 Å². The van der Waals surface area contributed by atoms with E-state index in [4.69, 9.17) is 9.47 Å². The third-order valence-electron chi connectivity index (χ3n) is 3.89. The predicted molar refractivity (Wildman–Crippen MR) is 109 cm³/mol. The molecule has 27 heavy (non-hydrogen) atoms. The van der Waals surface area contributed by atoms with Gasteiger partial charge in [-0.3, -0.25) is 0 Å². The van der Waals surface area contributed by atoms with Crippen molar-refractivity contribution >= 4 is 22.7 Å². The van der Waals surface area contributed by atoms with E-state index in [1.165, 1.54) is 5.77 Å². The highest BCUT2D eigenvalue weighted by Crippen LogP contribution is 2.30. The van der Waals surface area contributed by atoms with Gasteiger partial charge in [0.1, 0.15) is 11.5 Å².